The van der Waals surface area contributed by atoms with Crippen molar-refractivity contribution in [2.24, 2.45) is 0 Å². The Labute approximate surface area is 140 Å². The minimum atomic E-state index is 0.718. The van der Waals surface area contributed by atoms with Crippen LogP contribution in [0.25, 0.3) is 11.0 Å². The van der Waals surface area contributed by atoms with E-state index in [1.807, 2.05) is 18.5 Å². The number of hydrogen-bond donors (Lipinski definition) is 1. The molecule has 24 heavy (non-hydrogen) atoms. The van der Waals surface area contributed by atoms with Crippen molar-refractivity contribution in [1.82, 2.24) is 15.0 Å². The number of fused-ring (bicyclic) bond motifs is 1. The van der Waals surface area contributed by atoms with Gasteiger partial charge in [-0.15, -0.1) is 0 Å². The van der Waals surface area contributed by atoms with E-state index in [2.05, 4.69) is 43.4 Å². The first-order valence-corrected chi connectivity index (χ1v) is 8.10. The average molecular weight is 321 g/mol. The number of pyridine rings is 1. The van der Waals surface area contributed by atoms with Gasteiger partial charge in [0.05, 0.1) is 41.8 Å². The summed E-state index contributed by atoms with van der Waals surface area (Å²) >= 11 is 0. The molecule has 0 saturated carbocycles. The van der Waals surface area contributed by atoms with Crippen LogP contribution in [0.1, 0.15) is 5.56 Å². The van der Waals surface area contributed by atoms with E-state index in [1.165, 1.54) is 11.3 Å². The van der Waals surface area contributed by atoms with Crippen molar-refractivity contribution in [3.8, 4) is 0 Å². The summed E-state index contributed by atoms with van der Waals surface area (Å²) in [6.07, 6.45) is 7.15. The first kappa shape index (κ1) is 14.8. The number of rotatable bonds is 4. The molecule has 6 nitrogen and oxygen atoms in total. The zero-order valence-corrected chi connectivity index (χ0v) is 13.4. The van der Waals surface area contributed by atoms with Gasteiger partial charge in [-0.3, -0.25) is 15.0 Å². The number of ether oxygens (including phenoxy) is 1. The van der Waals surface area contributed by atoms with Crippen molar-refractivity contribution < 1.29 is 4.74 Å². The van der Waals surface area contributed by atoms with Gasteiger partial charge in [0.15, 0.2) is 0 Å². The van der Waals surface area contributed by atoms with Crippen LogP contribution in [0.4, 0.5) is 11.4 Å². The lowest BCUT2D eigenvalue weighted by atomic mass is 10.2. The lowest BCUT2D eigenvalue weighted by Gasteiger charge is -2.30. The summed E-state index contributed by atoms with van der Waals surface area (Å²) in [4.78, 5) is 15.3. The van der Waals surface area contributed by atoms with Crippen molar-refractivity contribution in [2.75, 3.05) is 36.5 Å². The Kier molecular flexibility index (Phi) is 4.20. The first-order chi connectivity index (χ1) is 11.9. The van der Waals surface area contributed by atoms with Crippen LogP contribution in [0.15, 0.2) is 49.1 Å². The monoisotopic (exact) mass is 321 g/mol. The number of benzene rings is 1. The molecule has 1 saturated heterocycles. The Balaban J connectivity index is 1.52. The van der Waals surface area contributed by atoms with Crippen LogP contribution < -0.4 is 10.2 Å². The quantitative estimate of drug-likeness (QED) is 0.796. The molecular weight excluding hydrogens is 302 g/mol. The second kappa shape index (κ2) is 6.80. The third-order valence-electron chi connectivity index (χ3n) is 4.17. The van der Waals surface area contributed by atoms with E-state index in [0.717, 1.165) is 49.6 Å². The summed E-state index contributed by atoms with van der Waals surface area (Å²) in [5.41, 5.74) is 5.21. The van der Waals surface area contributed by atoms with Crippen molar-refractivity contribution in [1.29, 1.82) is 0 Å². The number of nitrogens with zero attached hydrogens (tertiary/aromatic N) is 4. The normalized spacial score (nSPS) is 14.8. The largest absolute Gasteiger partial charge is 0.378 e. The number of aromatic nitrogens is 3. The molecule has 122 valence electrons. The highest BCUT2D eigenvalue weighted by molar-refractivity contribution is 5.75. The molecule has 6 heteroatoms. The molecule has 3 heterocycles. The number of nitrogens with one attached hydrogen (secondary N) is 1. The molecule has 0 radical (unpaired) electrons. The molecule has 1 aliphatic rings. The van der Waals surface area contributed by atoms with Gasteiger partial charge in [-0.2, -0.15) is 0 Å². The molecule has 4 rings (SSSR count). The zero-order valence-electron chi connectivity index (χ0n) is 13.4. The Morgan fingerprint density at radius 3 is 2.71 bits per heavy atom. The van der Waals surface area contributed by atoms with Crippen LogP contribution in [0, 0.1) is 0 Å². The van der Waals surface area contributed by atoms with E-state index in [-0.39, 0.29) is 0 Å². The average Bonchev–Trinajstić information content (AvgIpc) is 2.67. The number of morpholine rings is 1. The summed E-state index contributed by atoms with van der Waals surface area (Å²) in [5.74, 6) is 0. The molecule has 3 aromatic rings. The van der Waals surface area contributed by atoms with Gasteiger partial charge < -0.3 is 15.0 Å². The Bertz CT molecular complexity index is 832. The van der Waals surface area contributed by atoms with Gasteiger partial charge in [0.25, 0.3) is 0 Å². The van der Waals surface area contributed by atoms with Crippen molar-refractivity contribution in [3.05, 3.63) is 54.6 Å². The van der Waals surface area contributed by atoms with Crippen LogP contribution in [-0.2, 0) is 11.3 Å². The van der Waals surface area contributed by atoms with Crippen LogP contribution in [0.2, 0.25) is 0 Å². The topological polar surface area (TPSA) is 63.2 Å². The Hall–Kier alpha value is -2.73. The van der Waals surface area contributed by atoms with E-state index in [4.69, 9.17) is 4.74 Å². The van der Waals surface area contributed by atoms with Gasteiger partial charge in [-0.25, -0.2) is 0 Å². The third-order valence-corrected chi connectivity index (χ3v) is 4.17. The molecular formula is C18H19N5O. The van der Waals surface area contributed by atoms with Gasteiger partial charge in [0.2, 0.25) is 0 Å². The molecule has 0 atom stereocenters. The standard InChI is InChI=1S/C18H19N5O/c1-2-15-16(21-6-5-20-15)11-14(1)12-22-17-13-19-4-3-18(17)23-7-9-24-10-8-23/h1-6,11,13,22H,7-10,12H2. The summed E-state index contributed by atoms with van der Waals surface area (Å²) in [6.45, 7) is 4.07. The van der Waals surface area contributed by atoms with Gasteiger partial charge in [0, 0.05) is 38.2 Å². The minimum Gasteiger partial charge on any atom is -0.378 e. The molecule has 0 aliphatic carbocycles. The summed E-state index contributed by atoms with van der Waals surface area (Å²) < 4.78 is 5.44. The van der Waals surface area contributed by atoms with E-state index in [0.29, 0.717) is 0 Å². The smallest absolute Gasteiger partial charge is 0.0890 e. The fraction of sp³-hybridized carbons (Fsp3) is 0.278. The van der Waals surface area contributed by atoms with E-state index >= 15 is 0 Å². The molecule has 0 unspecified atom stereocenters. The fourth-order valence-electron chi connectivity index (χ4n) is 2.92. The fourth-order valence-corrected chi connectivity index (χ4v) is 2.92. The van der Waals surface area contributed by atoms with Crippen LogP contribution in [0.5, 0.6) is 0 Å². The maximum Gasteiger partial charge on any atom is 0.0890 e. The molecule has 0 spiro atoms. The minimum absolute atomic E-state index is 0.718. The number of hydrogen-bond acceptors (Lipinski definition) is 6. The molecule has 1 N–H and O–H groups in total. The highest BCUT2D eigenvalue weighted by Gasteiger charge is 2.14. The lowest BCUT2D eigenvalue weighted by Crippen LogP contribution is -2.36. The highest BCUT2D eigenvalue weighted by atomic mass is 16.5. The molecule has 1 fully saturated rings. The predicted molar refractivity (Wildman–Crippen MR) is 94.1 cm³/mol. The molecule has 0 amide bonds. The summed E-state index contributed by atoms with van der Waals surface area (Å²) in [7, 11) is 0. The van der Waals surface area contributed by atoms with Crippen LogP contribution >= 0.6 is 0 Å². The second-order valence-corrected chi connectivity index (χ2v) is 5.73. The van der Waals surface area contributed by atoms with Crippen LogP contribution in [0.3, 0.4) is 0 Å². The SMILES string of the molecule is c1cc(N2CCOCC2)c(NCc2ccc3nccnc3c2)cn1. The lowest BCUT2D eigenvalue weighted by molar-refractivity contribution is 0.123. The van der Waals surface area contributed by atoms with Gasteiger partial charge in [-0.1, -0.05) is 6.07 Å². The Morgan fingerprint density at radius 2 is 1.83 bits per heavy atom. The second-order valence-electron chi connectivity index (χ2n) is 5.73. The highest BCUT2D eigenvalue weighted by Crippen LogP contribution is 2.26. The van der Waals surface area contributed by atoms with Gasteiger partial charge in [0.1, 0.15) is 0 Å². The van der Waals surface area contributed by atoms with E-state index < -0.39 is 0 Å². The summed E-state index contributed by atoms with van der Waals surface area (Å²) in [5, 5.41) is 3.50. The van der Waals surface area contributed by atoms with E-state index in [1.54, 1.807) is 12.4 Å². The maximum atomic E-state index is 5.44. The van der Waals surface area contributed by atoms with E-state index in [9.17, 15) is 0 Å². The maximum absolute atomic E-state index is 5.44. The molecule has 0 bridgehead atoms. The van der Waals surface area contributed by atoms with Crippen LogP contribution in [-0.4, -0.2) is 41.3 Å². The van der Waals surface area contributed by atoms with Crippen molar-refractivity contribution in [3.63, 3.8) is 0 Å². The zero-order chi connectivity index (χ0) is 16.2. The first-order valence-electron chi connectivity index (χ1n) is 8.10. The van der Waals surface area contributed by atoms with Gasteiger partial charge in [-0.05, 0) is 23.8 Å². The third kappa shape index (κ3) is 3.14. The summed E-state index contributed by atoms with van der Waals surface area (Å²) in [6, 6.07) is 8.21. The molecule has 1 aliphatic heterocycles. The number of anilines is 2. The molecule has 1 aromatic carbocycles. The van der Waals surface area contributed by atoms with Crippen molar-refractivity contribution >= 4 is 22.4 Å². The van der Waals surface area contributed by atoms with Crippen molar-refractivity contribution in [2.45, 2.75) is 6.54 Å². The molecule has 2 aromatic heterocycles. The Morgan fingerprint density at radius 1 is 1.00 bits per heavy atom. The van der Waals surface area contributed by atoms with Gasteiger partial charge >= 0.3 is 0 Å². The predicted octanol–water partition coefficient (Wildman–Crippen LogP) is 2.47.